The van der Waals surface area contributed by atoms with Crippen LogP contribution in [0.15, 0.2) is 18.2 Å². The van der Waals surface area contributed by atoms with E-state index in [2.05, 4.69) is 12.2 Å². The third-order valence-corrected chi connectivity index (χ3v) is 8.02. The second-order valence-corrected chi connectivity index (χ2v) is 9.99. The summed E-state index contributed by atoms with van der Waals surface area (Å²) in [4.78, 5) is 19.9. The third-order valence-electron chi connectivity index (χ3n) is 5.56. The Kier molecular flexibility index (Phi) is 6.93. The molecule has 0 saturated carbocycles. The number of rotatable bonds is 9. The van der Waals surface area contributed by atoms with Crippen molar-refractivity contribution in [1.82, 2.24) is 10.3 Å². The largest absolute Gasteiger partial charge is 0.385 e. The van der Waals surface area contributed by atoms with Crippen LogP contribution in [0.1, 0.15) is 54.0 Å². The molecule has 2 aromatic heterocycles. The van der Waals surface area contributed by atoms with E-state index in [4.69, 9.17) is 9.72 Å². The number of thiazole rings is 1. The number of thiophene rings is 1. The number of hydrogen-bond acceptors (Lipinski definition) is 6. The highest BCUT2D eigenvalue weighted by Gasteiger charge is 2.28. The molecule has 1 aliphatic rings. The maximum Gasteiger partial charge on any atom is 0.138 e. The smallest absolute Gasteiger partial charge is 0.138 e. The fraction of sp³-hybridized carbons (Fsp3) is 0.478. The van der Waals surface area contributed by atoms with Crippen LogP contribution in [0.3, 0.4) is 0 Å². The molecule has 0 spiro atoms. The molecule has 0 bridgehead atoms. The number of ketones is 1. The standard InChI is InChI=1S/C23H27FN2O2S2/c1-14-22-17(9-10-25-14)21(23-26-18-12-15(24)7-8-19(18)30-23)20(29-22)13-16(27)6-4-3-5-11-28-2/h7-8,12,14,25H,3-6,9-11,13H2,1-2H3. The molecule has 30 heavy (non-hydrogen) atoms. The van der Waals surface area contributed by atoms with E-state index in [1.807, 2.05) is 0 Å². The number of hydrogen-bond donors (Lipinski definition) is 1. The number of fused-ring (bicyclic) bond motifs is 2. The van der Waals surface area contributed by atoms with Crippen LogP contribution in [0, 0.1) is 5.82 Å². The van der Waals surface area contributed by atoms with Gasteiger partial charge in [0.1, 0.15) is 16.6 Å². The van der Waals surface area contributed by atoms with Gasteiger partial charge in [0.2, 0.25) is 0 Å². The monoisotopic (exact) mass is 446 g/mol. The SMILES string of the molecule is COCCCCCC(=O)Cc1sc2c(c1-c1nc3cc(F)ccc3s1)CCNC2C. The fourth-order valence-electron chi connectivity index (χ4n) is 4.03. The average Bonchev–Trinajstić information content (AvgIpc) is 3.28. The van der Waals surface area contributed by atoms with E-state index in [0.29, 0.717) is 18.4 Å². The fourth-order valence-corrected chi connectivity index (χ4v) is 6.55. The van der Waals surface area contributed by atoms with Gasteiger partial charge in [0, 0.05) is 54.0 Å². The van der Waals surface area contributed by atoms with Gasteiger partial charge < -0.3 is 10.1 Å². The summed E-state index contributed by atoms with van der Waals surface area (Å²) < 4.78 is 19.7. The number of methoxy groups -OCH3 is 1. The maximum atomic E-state index is 13.7. The molecule has 4 rings (SSSR count). The summed E-state index contributed by atoms with van der Waals surface area (Å²) in [6, 6.07) is 5.04. The normalized spacial score (nSPS) is 16.2. The summed E-state index contributed by atoms with van der Waals surface area (Å²) in [5.41, 5.74) is 3.12. The molecule has 1 N–H and O–H groups in total. The molecule has 1 unspecified atom stereocenters. The van der Waals surface area contributed by atoms with Crippen LogP contribution in [-0.2, 0) is 22.4 Å². The first-order chi connectivity index (χ1) is 14.6. The molecular formula is C23H27FN2O2S2. The maximum absolute atomic E-state index is 13.7. The molecule has 1 aliphatic heterocycles. The second-order valence-electron chi connectivity index (χ2n) is 7.82. The van der Waals surface area contributed by atoms with Gasteiger partial charge in [-0.1, -0.05) is 6.42 Å². The molecule has 1 aromatic carbocycles. The molecule has 0 amide bonds. The number of ether oxygens (including phenoxy) is 1. The van der Waals surface area contributed by atoms with E-state index in [-0.39, 0.29) is 17.6 Å². The van der Waals surface area contributed by atoms with Crippen molar-refractivity contribution in [2.24, 2.45) is 0 Å². The van der Waals surface area contributed by atoms with Crippen molar-refractivity contribution in [2.45, 2.75) is 51.5 Å². The van der Waals surface area contributed by atoms with Crippen molar-refractivity contribution in [3.05, 3.63) is 39.3 Å². The van der Waals surface area contributed by atoms with E-state index in [9.17, 15) is 9.18 Å². The first kappa shape index (κ1) is 21.6. The van der Waals surface area contributed by atoms with Gasteiger partial charge in [-0.05, 0) is 50.4 Å². The number of unbranched alkanes of at least 4 members (excludes halogenated alkanes) is 2. The van der Waals surface area contributed by atoms with Crippen LogP contribution in [0.5, 0.6) is 0 Å². The highest BCUT2D eigenvalue weighted by molar-refractivity contribution is 7.22. The van der Waals surface area contributed by atoms with Crippen LogP contribution >= 0.6 is 22.7 Å². The van der Waals surface area contributed by atoms with E-state index >= 15 is 0 Å². The second kappa shape index (κ2) is 9.64. The Morgan fingerprint density at radius 1 is 1.30 bits per heavy atom. The highest BCUT2D eigenvalue weighted by atomic mass is 32.1. The van der Waals surface area contributed by atoms with Crippen molar-refractivity contribution in [3.8, 4) is 10.6 Å². The Bertz CT molecular complexity index is 1040. The molecule has 1 atom stereocenters. The van der Waals surface area contributed by atoms with E-state index in [1.165, 1.54) is 22.6 Å². The van der Waals surface area contributed by atoms with E-state index < -0.39 is 0 Å². The molecule has 7 heteroatoms. The van der Waals surface area contributed by atoms with Crippen LogP contribution in [0.25, 0.3) is 20.8 Å². The van der Waals surface area contributed by atoms with Crippen LogP contribution in [0.2, 0.25) is 0 Å². The summed E-state index contributed by atoms with van der Waals surface area (Å²) in [6.45, 7) is 3.84. The predicted molar refractivity (Wildman–Crippen MR) is 122 cm³/mol. The Morgan fingerprint density at radius 2 is 2.17 bits per heavy atom. The Labute approximate surface area is 184 Å². The van der Waals surface area contributed by atoms with Gasteiger partial charge in [-0.2, -0.15) is 0 Å². The van der Waals surface area contributed by atoms with Gasteiger partial charge in [0.15, 0.2) is 0 Å². The van der Waals surface area contributed by atoms with Crippen molar-refractivity contribution < 1.29 is 13.9 Å². The first-order valence-corrected chi connectivity index (χ1v) is 12.1. The number of nitrogens with one attached hydrogen (secondary N) is 1. The predicted octanol–water partition coefficient (Wildman–Crippen LogP) is 5.69. The molecular weight excluding hydrogens is 419 g/mol. The van der Waals surface area contributed by atoms with Gasteiger partial charge in [-0.25, -0.2) is 9.37 Å². The molecule has 4 nitrogen and oxygen atoms in total. The zero-order valence-electron chi connectivity index (χ0n) is 17.4. The van der Waals surface area contributed by atoms with Crippen molar-refractivity contribution in [1.29, 1.82) is 0 Å². The van der Waals surface area contributed by atoms with Crippen LogP contribution in [-0.4, -0.2) is 31.0 Å². The molecule has 3 heterocycles. The molecule has 160 valence electrons. The average molecular weight is 447 g/mol. The zero-order valence-corrected chi connectivity index (χ0v) is 19.1. The number of benzene rings is 1. The number of aromatic nitrogens is 1. The number of nitrogens with zero attached hydrogens (tertiary/aromatic N) is 1. The lowest BCUT2D eigenvalue weighted by molar-refractivity contribution is -0.118. The molecule has 0 fully saturated rings. The lowest BCUT2D eigenvalue weighted by Crippen LogP contribution is -2.26. The minimum Gasteiger partial charge on any atom is -0.385 e. The lowest BCUT2D eigenvalue weighted by atomic mass is 9.97. The van der Waals surface area contributed by atoms with Crippen LogP contribution in [0.4, 0.5) is 4.39 Å². The van der Waals surface area contributed by atoms with Crippen LogP contribution < -0.4 is 5.32 Å². The third kappa shape index (κ3) is 4.64. The Hall–Kier alpha value is -1.67. The minimum absolute atomic E-state index is 0.270. The van der Waals surface area contributed by atoms with Crippen molar-refractivity contribution >= 4 is 38.7 Å². The summed E-state index contributed by atoms with van der Waals surface area (Å²) in [6.07, 6.45) is 4.90. The Morgan fingerprint density at radius 3 is 3.00 bits per heavy atom. The van der Waals surface area contributed by atoms with E-state index in [1.54, 1.807) is 35.8 Å². The quantitative estimate of drug-likeness (QED) is 0.429. The molecule has 3 aromatic rings. The van der Waals surface area contributed by atoms with Gasteiger partial charge in [0.25, 0.3) is 0 Å². The van der Waals surface area contributed by atoms with Crippen molar-refractivity contribution in [2.75, 3.05) is 20.3 Å². The van der Waals surface area contributed by atoms with Gasteiger partial charge in [-0.15, -0.1) is 22.7 Å². The van der Waals surface area contributed by atoms with E-state index in [0.717, 1.165) is 59.0 Å². The van der Waals surface area contributed by atoms with Gasteiger partial charge in [0.05, 0.1) is 10.2 Å². The lowest BCUT2D eigenvalue weighted by Gasteiger charge is -2.20. The minimum atomic E-state index is -0.270. The Balaban J connectivity index is 1.62. The highest BCUT2D eigenvalue weighted by Crippen LogP contribution is 2.44. The molecule has 0 saturated heterocycles. The first-order valence-electron chi connectivity index (χ1n) is 10.5. The molecule has 0 radical (unpaired) electrons. The summed E-state index contributed by atoms with van der Waals surface area (Å²) in [5, 5.41) is 4.43. The van der Waals surface area contributed by atoms with Crippen molar-refractivity contribution in [3.63, 3.8) is 0 Å². The number of halogens is 1. The number of carbonyl (C=O) groups is 1. The summed E-state index contributed by atoms with van der Waals surface area (Å²) in [5.74, 6) is 0.00780. The topological polar surface area (TPSA) is 51.2 Å². The summed E-state index contributed by atoms with van der Waals surface area (Å²) in [7, 11) is 1.71. The zero-order chi connectivity index (χ0) is 21.1. The summed E-state index contributed by atoms with van der Waals surface area (Å²) >= 11 is 3.33. The van der Waals surface area contributed by atoms with Gasteiger partial charge >= 0.3 is 0 Å². The molecule has 0 aliphatic carbocycles. The van der Waals surface area contributed by atoms with Gasteiger partial charge in [-0.3, -0.25) is 4.79 Å². The number of Topliss-reactive ketones (excluding diaryl/α,β-unsaturated/α-hetero) is 1. The number of carbonyl (C=O) groups excluding carboxylic acids is 1.